The lowest BCUT2D eigenvalue weighted by molar-refractivity contribution is 0.379. The quantitative estimate of drug-likeness (QED) is 0.677. The fourth-order valence-corrected chi connectivity index (χ4v) is 2.59. The third-order valence-electron chi connectivity index (χ3n) is 3.69. The van der Waals surface area contributed by atoms with Crippen LogP contribution >= 0.6 is 0 Å². The van der Waals surface area contributed by atoms with Crippen molar-refractivity contribution in [2.75, 3.05) is 13.1 Å². The van der Waals surface area contributed by atoms with Crippen LogP contribution in [0.15, 0.2) is 24.3 Å². The van der Waals surface area contributed by atoms with Crippen LogP contribution in [-0.4, -0.2) is 13.1 Å². The maximum Gasteiger partial charge on any atom is 0.123 e. The number of benzene rings is 1. The summed E-state index contributed by atoms with van der Waals surface area (Å²) < 4.78 is 13.4. The lowest BCUT2D eigenvalue weighted by Crippen LogP contribution is -2.27. The van der Waals surface area contributed by atoms with Crippen LogP contribution in [0.3, 0.4) is 0 Å². The largest absolute Gasteiger partial charge is 0.316 e. The maximum absolute atomic E-state index is 13.4. The molecular formula is C16H26FN. The van der Waals surface area contributed by atoms with Crippen LogP contribution in [0.5, 0.6) is 0 Å². The summed E-state index contributed by atoms with van der Waals surface area (Å²) in [5, 5.41) is 3.48. The minimum atomic E-state index is -0.126. The fourth-order valence-electron chi connectivity index (χ4n) is 2.59. The molecular weight excluding hydrogens is 225 g/mol. The molecule has 0 heterocycles. The molecule has 2 heteroatoms. The van der Waals surface area contributed by atoms with Gasteiger partial charge in [-0.2, -0.15) is 0 Å². The monoisotopic (exact) mass is 251 g/mol. The van der Waals surface area contributed by atoms with Crippen LogP contribution in [0.4, 0.5) is 4.39 Å². The first-order valence-electron chi connectivity index (χ1n) is 7.19. The van der Waals surface area contributed by atoms with Crippen LogP contribution in [0.2, 0.25) is 0 Å². The van der Waals surface area contributed by atoms with Gasteiger partial charge in [0.25, 0.3) is 0 Å². The summed E-state index contributed by atoms with van der Waals surface area (Å²) in [4.78, 5) is 0. The summed E-state index contributed by atoms with van der Waals surface area (Å²) in [6.45, 7) is 8.59. The summed E-state index contributed by atoms with van der Waals surface area (Å²) >= 11 is 0. The average molecular weight is 251 g/mol. The van der Waals surface area contributed by atoms with E-state index in [1.54, 1.807) is 6.07 Å². The molecule has 102 valence electrons. The molecule has 0 bridgehead atoms. The molecule has 0 aromatic heterocycles. The molecule has 1 atom stereocenters. The smallest absolute Gasteiger partial charge is 0.123 e. The van der Waals surface area contributed by atoms with Gasteiger partial charge in [-0.3, -0.25) is 0 Å². The molecule has 0 aliphatic carbocycles. The minimum absolute atomic E-state index is 0.126. The molecule has 0 amide bonds. The van der Waals surface area contributed by atoms with Crippen molar-refractivity contribution in [2.24, 2.45) is 5.92 Å². The minimum Gasteiger partial charge on any atom is -0.316 e. The van der Waals surface area contributed by atoms with Gasteiger partial charge in [0.05, 0.1) is 0 Å². The molecule has 0 fully saturated rings. The highest BCUT2D eigenvalue weighted by Crippen LogP contribution is 2.29. The summed E-state index contributed by atoms with van der Waals surface area (Å²) in [5.41, 5.74) is 1.13. The lowest BCUT2D eigenvalue weighted by atomic mass is 9.82. The Bertz CT molecular complexity index is 334. The van der Waals surface area contributed by atoms with Gasteiger partial charge in [-0.25, -0.2) is 4.39 Å². The van der Waals surface area contributed by atoms with E-state index in [4.69, 9.17) is 0 Å². The number of hydrogen-bond donors (Lipinski definition) is 1. The van der Waals surface area contributed by atoms with Gasteiger partial charge in [0.2, 0.25) is 0 Å². The van der Waals surface area contributed by atoms with E-state index >= 15 is 0 Å². The van der Waals surface area contributed by atoms with Crippen molar-refractivity contribution in [1.82, 2.24) is 5.32 Å². The SMILES string of the molecule is CCCNCC(c1cccc(F)c1)C(CC)CC. The van der Waals surface area contributed by atoms with Crippen molar-refractivity contribution in [3.63, 3.8) is 0 Å². The maximum atomic E-state index is 13.4. The Morgan fingerprint density at radius 1 is 1.17 bits per heavy atom. The van der Waals surface area contributed by atoms with E-state index in [1.165, 1.54) is 6.07 Å². The van der Waals surface area contributed by atoms with Gasteiger partial charge < -0.3 is 5.32 Å². The molecule has 1 rings (SSSR count). The third-order valence-corrected chi connectivity index (χ3v) is 3.69. The second kappa shape index (κ2) is 8.25. The van der Waals surface area contributed by atoms with Gasteiger partial charge in [-0.1, -0.05) is 45.7 Å². The van der Waals surface area contributed by atoms with Gasteiger partial charge in [0, 0.05) is 6.54 Å². The first-order chi connectivity index (χ1) is 8.72. The predicted molar refractivity (Wildman–Crippen MR) is 76.4 cm³/mol. The molecule has 1 unspecified atom stereocenters. The van der Waals surface area contributed by atoms with Crippen molar-refractivity contribution >= 4 is 0 Å². The van der Waals surface area contributed by atoms with Crippen LogP contribution < -0.4 is 5.32 Å². The second-order valence-corrected chi connectivity index (χ2v) is 4.94. The molecule has 1 nitrogen and oxygen atoms in total. The zero-order chi connectivity index (χ0) is 13.4. The highest BCUT2D eigenvalue weighted by Gasteiger charge is 2.20. The zero-order valence-corrected chi connectivity index (χ0v) is 11.9. The van der Waals surface area contributed by atoms with Crippen LogP contribution in [0.1, 0.15) is 51.5 Å². The normalized spacial score (nSPS) is 12.9. The van der Waals surface area contributed by atoms with Gasteiger partial charge in [-0.05, 0) is 42.5 Å². The highest BCUT2D eigenvalue weighted by molar-refractivity contribution is 5.22. The summed E-state index contributed by atoms with van der Waals surface area (Å²) in [6, 6.07) is 7.09. The first-order valence-corrected chi connectivity index (χ1v) is 7.19. The molecule has 1 aromatic carbocycles. The Morgan fingerprint density at radius 3 is 2.44 bits per heavy atom. The van der Waals surface area contributed by atoms with E-state index < -0.39 is 0 Å². The molecule has 0 saturated carbocycles. The van der Waals surface area contributed by atoms with Gasteiger partial charge in [0.15, 0.2) is 0 Å². The standard InChI is InChI=1S/C16H26FN/c1-4-10-18-12-16(13(5-2)6-3)14-8-7-9-15(17)11-14/h7-9,11,13,16,18H,4-6,10,12H2,1-3H3. The third kappa shape index (κ3) is 4.41. The Morgan fingerprint density at radius 2 is 1.89 bits per heavy atom. The van der Waals surface area contributed by atoms with Crippen molar-refractivity contribution in [3.8, 4) is 0 Å². The van der Waals surface area contributed by atoms with Crippen molar-refractivity contribution in [2.45, 2.75) is 46.0 Å². The van der Waals surface area contributed by atoms with Crippen LogP contribution in [0, 0.1) is 11.7 Å². The highest BCUT2D eigenvalue weighted by atomic mass is 19.1. The zero-order valence-electron chi connectivity index (χ0n) is 11.9. The van der Waals surface area contributed by atoms with Crippen molar-refractivity contribution in [1.29, 1.82) is 0 Å². The number of halogens is 1. The van der Waals surface area contributed by atoms with Crippen LogP contribution in [0.25, 0.3) is 0 Å². The van der Waals surface area contributed by atoms with Gasteiger partial charge in [0.1, 0.15) is 5.82 Å². The lowest BCUT2D eigenvalue weighted by Gasteiger charge is -2.26. The topological polar surface area (TPSA) is 12.0 Å². The molecule has 18 heavy (non-hydrogen) atoms. The molecule has 0 radical (unpaired) electrons. The van der Waals surface area contributed by atoms with E-state index in [1.807, 2.05) is 6.07 Å². The Kier molecular flexibility index (Phi) is 6.96. The van der Waals surface area contributed by atoms with E-state index in [0.29, 0.717) is 11.8 Å². The molecule has 0 spiro atoms. The Labute approximate surface area is 111 Å². The first kappa shape index (κ1) is 15.2. The fraction of sp³-hybridized carbons (Fsp3) is 0.625. The van der Waals surface area contributed by atoms with Crippen molar-refractivity contribution in [3.05, 3.63) is 35.6 Å². The summed E-state index contributed by atoms with van der Waals surface area (Å²) in [5.74, 6) is 0.914. The number of nitrogens with one attached hydrogen (secondary N) is 1. The molecule has 1 N–H and O–H groups in total. The average Bonchev–Trinajstić information content (AvgIpc) is 2.38. The van der Waals surface area contributed by atoms with E-state index in [-0.39, 0.29) is 5.82 Å². The Hall–Kier alpha value is -0.890. The van der Waals surface area contributed by atoms with E-state index in [0.717, 1.165) is 37.9 Å². The molecule has 0 saturated heterocycles. The predicted octanol–water partition coefficient (Wildman–Crippen LogP) is 4.35. The number of rotatable bonds is 8. The van der Waals surface area contributed by atoms with Gasteiger partial charge >= 0.3 is 0 Å². The molecule has 1 aromatic rings. The van der Waals surface area contributed by atoms with E-state index in [9.17, 15) is 4.39 Å². The molecule has 0 aliphatic rings. The summed E-state index contributed by atoms with van der Waals surface area (Å²) in [7, 11) is 0. The van der Waals surface area contributed by atoms with Crippen molar-refractivity contribution < 1.29 is 4.39 Å². The second-order valence-electron chi connectivity index (χ2n) is 4.94. The Balaban J connectivity index is 2.81. The van der Waals surface area contributed by atoms with E-state index in [2.05, 4.69) is 32.2 Å². The molecule has 0 aliphatic heterocycles. The van der Waals surface area contributed by atoms with Gasteiger partial charge in [-0.15, -0.1) is 0 Å². The number of hydrogen-bond acceptors (Lipinski definition) is 1. The van der Waals surface area contributed by atoms with Crippen LogP contribution in [-0.2, 0) is 0 Å². The summed E-state index contributed by atoms with van der Waals surface area (Å²) in [6.07, 6.45) is 3.43.